The lowest BCUT2D eigenvalue weighted by Crippen LogP contribution is -2.09. The third-order valence-corrected chi connectivity index (χ3v) is 6.12. The molecule has 1 aliphatic carbocycles. The van der Waals surface area contributed by atoms with Crippen molar-refractivity contribution in [2.45, 2.75) is 57.3 Å². The highest BCUT2D eigenvalue weighted by molar-refractivity contribution is 6.43. The van der Waals surface area contributed by atoms with Crippen LogP contribution in [-0.4, -0.2) is 16.3 Å². The number of nitrogens with zero attached hydrogens (tertiary/aromatic N) is 2. The molecule has 0 spiro atoms. The van der Waals surface area contributed by atoms with Crippen molar-refractivity contribution in [3.63, 3.8) is 0 Å². The molecule has 1 aliphatic heterocycles. The van der Waals surface area contributed by atoms with Crippen LogP contribution in [0.4, 0.5) is 5.82 Å². The first-order valence-electron chi connectivity index (χ1n) is 9.06. The fourth-order valence-corrected chi connectivity index (χ4v) is 4.44. The molecule has 0 radical (unpaired) electrons. The summed E-state index contributed by atoms with van der Waals surface area (Å²) in [5, 5.41) is 9.79. The Morgan fingerprint density at radius 3 is 2.71 bits per heavy atom. The first kappa shape index (κ1) is 16.3. The zero-order chi connectivity index (χ0) is 16.5. The second kappa shape index (κ2) is 6.97. The van der Waals surface area contributed by atoms with Crippen LogP contribution in [0.2, 0.25) is 10.0 Å². The zero-order valence-electron chi connectivity index (χ0n) is 13.8. The van der Waals surface area contributed by atoms with Crippen molar-refractivity contribution in [1.29, 1.82) is 0 Å². The van der Waals surface area contributed by atoms with Gasteiger partial charge in [0.1, 0.15) is 5.82 Å². The van der Waals surface area contributed by atoms with Crippen LogP contribution in [0, 0.1) is 0 Å². The van der Waals surface area contributed by atoms with Gasteiger partial charge in [-0.3, -0.25) is 0 Å². The molecule has 3 nitrogen and oxygen atoms in total. The van der Waals surface area contributed by atoms with Crippen LogP contribution in [0.15, 0.2) is 18.2 Å². The molecule has 0 amide bonds. The van der Waals surface area contributed by atoms with Crippen molar-refractivity contribution in [3.05, 3.63) is 39.5 Å². The summed E-state index contributed by atoms with van der Waals surface area (Å²) in [5.74, 6) is 1.71. The van der Waals surface area contributed by atoms with E-state index in [0.717, 1.165) is 24.5 Å². The Bertz CT molecular complexity index is 732. The monoisotopic (exact) mass is 363 g/mol. The molecule has 2 heterocycles. The van der Waals surface area contributed by atoms with Crippen LogP contribution in [0.3, 0.4) is 0 Å². The second-order valence-corrected chi connectivity index (χ2v) is 7.70. The van der Waals surface area contributed by atoms with E-state index in [1.165, 1.54) is 56.2 Å². The maximum absolute atomic E-state index is 6.49. The van der Waals surface area contributed by atoms with Crippen molar-refractivity contribution in [3.8, 4) is 5.69 Å². The zero-order valence-corrected chi connectivity index (χ0v) is 15.3. The van der Waals surface area contributed by atoms with Crippen molar-refractivity contribution in [2.24, 2.45) is 0 Å². The van der Waals surface area contributed by atoms with Gasteiger partial charge in [-0.2, -0.15) is 5.10 Å². The smallest absolute Gasteiger partial charge is 0.133 e. The molecule has 24 heavy (non-hydrogen) atoms. The fraction of sp³-hybridized carbons (Fsp3) is 0.526. The van der Waals surface area contributed by atoms with Gasteiger partial charge >= 0.3 is 0 Å². The van der Waals surface area contributed by atoms with Crippen LogP contribution in [-0.2, 0) is 6.42 Å². The standard InChI is InChI=1S/C19H23Cl2N3/c20-15-10-6-11-16(17(15)21)24-19-14(9-4-5-12-22-19)18(23-24)13-7-2-1-3-8-13/h6,10-11,13,22H,1-5,7-9,12H2. The third kappa shape index (κ3) is 2.93. The minimum Gasteiger partial charge on any atom is -0.370 e. The predicted octanol–water partition coefficient (Wildman–Crippen LogP) is 5.98. The average Bonchev–Trinajstić information content (AvgIpc) is 2.79. The van der Waals surface area contributed by atoms with Crippen LogP contribution in [0.1, 0.15) is 62.1 Å². The number of rotatable bonds is 2. The molecule has 1 aromatic heterocycles. The summed E-state index contributed by atoms with van der Waals surface area (Å²) in [6.07, 6.45) is 10.0. The first-order chi connectivity index (χ1) is 11.8. The van der Waals surface area contributed by atoms with Gasteiger partial charge in [-0.05, 0) is 44.2 Å². The molecule has 5 heteroatoms. The second-order valence-electron chi connectivity index (χ2n) is 6.92. The maximum atomic E-state index is 6.49. The largest absolute Gasteiger partial charge is 0.370 e. The number of halogens is 2. The molecule has 0 unspecified atom stereocenters. The Labute approximate surface area is 153 Å². The quantitative estimate of drug-likeness (QED) is 0.711. The average molecular weight is 364 g/mol. The van der Waals surface area contributed by atoms with Crippen molar-refractivity contribution >= 4 is 29.0 Å². The summed E-state index contributed by atoms with van der Waals surface area (Å²) in [4.78, 5) is 0. The van der Waals surface area contributed by atoms with Gasteiger partial charge in [-0.1, -0.05) is 48.5 Å². The molecule has 4 rings (SSSR count). The van der Waals surface area contributed by atoms with E-state index in [2.05, 4.69) is 5.32 Å². The fourth-order valence-electron chi connectivity index (χ4n) is 4.06. The van der Waals surface area contributed by atoms with E-state index in [-0.39, 0.29) is 0 Å². The van der Waals surface area contributed by atoms with E-state index in [1.54, 1.807) is 0 Å². The van der Waals surface area contributed by atoms with E-state index in [4.69, 9.17) is 28.3 Å². The van der Waals surface area contributed by atoms with Crippen LogP contribution >= 0.6 is 23.2 Å². The predicted molar refractivity (Wildman–Crippen MR) is 101 cm³/mol. The summed E-state index contributed by atoms with van der Waals surface area (Å²) in [6.45, 7) is 0.987. The molecule has 2 aliphatic rings. The third-order valence-electron chi connectivity index (χ3n) is 5.31. The number of hydrogen-bond donors (Lipinski definition) is 1. The van der Waals surface area contributed by atoms with Gasteiger partial charge < -0.3 is 5.32 Å². The highest BCUT2D eigenvalue weighted by Gasteiger charge is 2.27. The van der Waals surface area contributed by atoms with Gasteiger partial charge in [0.2, 0.25) is 0 Å². The SMILES string of the molecule is Clc1cccc(-n2nc(C3CCCCC3)c3c2NCCCC3)c1Cl. The maximum Gasteiger partial charge on any atom is 0.133 e. The van der Waals surface area contributed by atoms with Gasteiger partial charge in [-0.15, -0.1) is 0 Å². The lowest BCUT2D eigenvalue weighted by molar-refractivity contribution is 0.432. The molecular weight excluding hydrogens is 341 g/mol. The number of fused-ring (bicyclic) bond motifs is 1. The van der Waals surface area contributed by atoms with E-state index < -0.39 is 0 Å². The highest BCUT2D eigenvalue weighted by Crippen LogP contribution is 2.40. The first-order valence-corrected chi connectivity index (χ1v) is 9.81. The highest BCUT2D eigenvalue weighted by atomic mass is 35.5. The number of benzene rings is 1. The van der Waals surface area contributed by atoms with Crippen molar-refractivity contribution in [2.75, 3.05) is 11.9 Å². The Morgan fingerprint density at radius 1 is 1.04 bits per heavy atom. The molecular formula is C19H23Cl2N3. The lowest BCUT2D eigenvalue weighted by Gasteiger charge is -2.20. The molecule has 128 valence electrons. The summed E-state index contributed by atoms with van der Waals surface area (Å²) in [7, 11) is 0. The number of hydrogen-bond acceptors (Lipinski definition) is 2. The van der Waals surface area contributed by atoms with Crippen molar-refractivity contribution < 1.29 is 0 Å². The van der Waals surface area contributed by atoms with E-state index in [1.807, 2.05) is 22.9 Å². The normalized spacial score (nSPS) is 18.8. The van der Waals surface area contributed by atoms with Gasteiger partial charge in [-0.25, -0.2) is 4.68 Å². The number of anilines is 1. The molecule has 1 N–H and O–H groups in total. The minimum absolute atomic E-state index is 0.575. The Kier molecular flexibility index (Phi) is 4.73. The van der Waals surface area contributed by atoms with Gasteiger partial charge in [0, 0.05) is 18.0 Å². The topological polar surface area (TPSA) is 29.9 Å². The van der Waals surface area contributed by atoms with E-state index in [9.17, 15) is 0 Å². The molecule has 1 aromatic carbocycles. The molecule has 0 atom stereocenters. The Morgan fingerprint density at radius 2 is 1.88 bits per heavy atom. The molecule has 1 fully saturated rings. The summed E-state index contributed by atoms with van der Waals surface area (Å²) >= 11 is 12.7. The van der Waals surface area contributed by atoms with E-state index in [0.29, 0.717) is 16.0 Å². The molecule has 2 aromatic rings. The number of nitrogens with one attached hydrogen (secondary N) is 1. The summed E-state index contributed by atoms with van der Waals surface area (Å²) in [6, 6.07) is 5.76. The lowest BCUT2D eigenvalue weighted by atomic mass is 9.85. The minimum atomic E-state index is 0.575. The Balaban J connectivity index is 1.84. The van der Waals surface area contributed by atoms with Crippen LogP contribution in [0.5, 0.6) is 0 Å². The molecule has 0 saturated heterocycles. The van der Waals surface area contributed by atoms with Crippen molar-refractivity contribution in [1.82, 2.24) is 9.78 Å². The Hall–Kier alpha value is -1.19. The van der Waals surface area contributed by atoms with E-state index >= 15 is 0 Å². The summed E-state index contributed by atoms with van der Waals surface area (Å²) in [5.41, 5.74) is 3.56. The number of aromatic nitrogens is 2. The molecule has 0 bridgehead atoms. The van der Waals surface area contributed by atoms with Crippen LogP contribution in [0.25, 0.3) is 5.69 Å². The van der Waals surface area contributed by atoms with Gasteiger partial charge in [0.25, 0.3) is 0 Å². The van der Waals surface area contributed by atoms with Gasteiger partial charge in [0.15, 0.2) is 0 Å². The summed E-state index contributed by atoms with van der Waals surface area (Å²) < 4.78 is 2.00. The van der Waals surface area contributed by atoms with Crippen LogP contribution < -0.4 is 5.32 Å². The van der Waals surface area contributed by atoms with Gasteiger partial charge in [0.05, 0.1) is 21.4 Å². The molecule has 1 saturated carbocycles.